The average molecular weight is 213 g/mol. The Morgan fingerprint density at radius 1 is 1.12 bits per heavy atom. The van der Waals surface area contributed by atoms with Gasteiger partial charge in [0.15, 0.2) is 0 Å². The van der Waals surface area contributed by atoms with Crippen molar-refractivity contribution in [2.75, 3.05) is 6.54 Å². The molecular weight excluding hydrogens is 198 g/mol. The van der Waals surface area contributed by atoms with Crippen LogP contribution in [0.25, 0.3) is 11.3 Å². The standard InChI is InChI=1S/C14H15NO/c1-2-10-15-11-13-8-9-14(16-13)12-6-4-3-5-7-12/h2-9,15H,1,10-11H2. The van der Waals surface area contributed by atoms with Crippen LogP contribution in [0.1, 0.15) is 5.76 Å². The molecule has 0 spiro atoms. The molecule has 1 N–H and O–H groups in total. The Morgan fingerprint density at radius 3 is 2.69 bits per heavy atom. The van der Waals surface area contributed by atoms with Gasteiger partial charge < -0.3 is 9.73 Å². The van der Waals surface area contributed by atoms with Crippen LogP contribution in [0.3, 0.4) is 0 Å². The summed E-state index contributed by atoms with van der Waals surface area (Å²) in [5, 5.41) is 3.20. The molecule has 0 saturated heterocycles. The molecule has 0 bridgehead atoms. The molecule has 1 heterocycles. The maximum absolute atomic E-state index is 5.72. The summed E-state index contributed by atoms with van der Waals surface area (Å²) < 4.78 is 5.72. The molecule has 0 fully saturated rings. The van der Waals surface area contributed by atoms with E-state index < -0.39 is 0 Å². The van der Waals surface area contributed by atoms with Crippen LogP contribution in [0.4, 0.5) is 0 Å². The number of hydrogen-bond donors (Lipinski definition) is 1. The smallest absolute Gasteiger partial charge is 0.134 e. The largest absolute Gasteiger partial charge is 0.460 e. The minimum absolute atomic E-state index is 0.735. The van der Waals surface area contributed by atoms with Gasteiger partial charge in [-0.15, -0.1) is 6.58 Å². The van der Waals surface area contributed by atoms with E-state index in [1.165, 1.54) is 0 Å². The van der Waals surface area contributed by atoms with Crippen LogP contribution in [-0.2, 0) is 6.54 Å². The molecule has 0 aliphatic rings. The van der Waals surface area contributed by atoms with Gasteiger partial charge in [0.05, 0.1) is 6.54 Å². The summed E-state index contributed by atoms with van der Waals surface area (Å²) in [6.07, 6.45) is 1.83. The molecule has 0 atom stereocenters. The van der Waals surface area contributed by atoms with Crippen molar-refractivity contribution in [1.29, 1.82) is 0 Å². The molecule has 2 nitrogen and oxygen atoms in total. The second-order valence-corrected chi connectivity index (χ2v) is 3.55. The molecule has 0 aliphatic heterocycles. The van der Waals surface area contributed by atoms with Gasteiger partial charge in [-0.2, -0.15) is 0 Å². The highest BCUT2D eigenvalue weighted by molar-refractivity contribution is 5.57. The Labute approximate surface area is 95.6 Å². The zero-order valence-corrected chi connectivity index (χ0v) is 9.15. The molecule has 2 heteroatoms. The van der Waals surface area contributed by atoms with Crippen molar-refractivity contribution >= 4 is 0 Å². The monoisotopic (exact) mass is 213 g/mol. The number of benzene rings is 1. The summed E-state index contributed by atoms with van der Waals surface area (Å²) in [5.74, 6) is 1.86. The van der Waals surface area contributed by atoms with E-state index in [9.17, 15) is 0 Å². The van der Waals surface area contributed by atoms with E-state index in [1.54, 1.807) is 0 Å². The highest BCUT2D eigenvalue weighted by atomic mass is 16.3. The van der Waals surface area contributed by atoms with Gasteiger partial charge in [-0.05, 0) is 12.1 Å². The summed E-state index contributed by atoms with van der Waals surface area (Å²) in [6.45, 7) is 5.18. The van der Waals surface area contributed by atoms with Crippen molar-refractivity contribution in [3.63, 3.8) is 0 Å². The van der Waals surface area contributed by atoms with Gasteiger partial charge in [-0.1, -0.05) is 36.4 Å². The zero-order valence-electron chi connectivity index (χ0n) is 9.15. The predicted molar refractivity (Wildman–Crippen MR) is 66.0 cm³/mol. The molecule has 0 unspecified atom stereocenters. The van der Waals surface area contributed by atoms with Crippen LogP contribution in [0.15, 0.2) is 59.5 Å². The maximum atomic E-state index is 5.72. The molecule has 2 aromatic rings. The predicted octanol–water partition coefficient (Wildman–Crippen LogP) is 3.22. The summed E-state index contributed by atoms with van der Waals surface area (Å²) >= 11 is 0. The fourth-order valence-corrected chi connectivity index (χ4v) is 1.53. The lowest BCUT2D eigenvalue weighted by molar-refractivity contribution is 0.502. The molecule has 0 saturated carbocycles. The Hall–Kier alpha value is -1.80. The van der Waals surface area contributed by atoms with E-state index in [2.05, 4.69) is 11.9 Å². The normalized spacial score (nSPS) is 10.2. The highest BCUT2D eigenvalue weighted by Crippen LogP contribution is 2.21. The molecule has 0 aliphatic carbocycles. The van der Waals surface area contributed by atoms with Gasteiger partial charge in [0.1, 0.15) is 11.5 Å². The molecule has 2 rings (SSSR count). The average Bonchev–Trinajstić information content (AvgIpc) is 2.79. The SMILES string of the molecule is C=CCNCc1ccc(-c2ccccc2)o1. The van der Waals surface area contributed by atoms with Crippen LogP contribution >= 0.6 is 0 Å². The molecule has 0 radical (unpaired) electrons. The third-order valence-corrected chi connectivity index (χ3v) is 2.31. The molecule has 82 valence electrons. The first kappa shape index (κ1) is 10.7. The van der Waals surface area contributed by atoms with E-state index in [1.807, 2.05) is 48.5 Å². The van der Waals surface area contributed by atoms with E-state index in [0.29, 0.717) is 0 Å². The second-order valence-electron chi connectivity index (χ2n) is 3.55. The first-order valence-corrected chi connectivity index (χ1v) is 5.36. The summed E-state index contributed by atoms with van der Waals surface area (Å²) in [5.41, 5.74) is 1.11. The topological polar surface area (TPSA) is 25.2 Å². The number of furan rings is 1. The number of hydrogen-bond acceptors (Lipinski definition) is 2. The molecule has 1 aromatic carbocycles. The fraction of sp³-hybridized carbons (Fsp3) is 0.143. The van der Waals surface area contributed by atoms with Crippen molar-refractivity contribution < 1.29 is 4.42 Å². The van der Waals surface area contributed by atoms with E-state index in [0.717, 1.165) is 30.2 Å². The third-order valence-electron chi connectivity index (χ3n) is 2.31. The Kier molecular flexibility index (Phi) is 3.57. The third kappa shape index (κ3) is 2.61. The van der Waals surface area contributed by atoms with Crippen molar-refractivity contribution in [1.82, 2.24) is 5.32 Å². The Balaban J connectivity index is 2.05. The quantitative estimate of drug-likeness (QED) is 0.609. The van der Waals surface area contributed by atoms with Crippen LogP contribution in [0.5, 0.6) is 0 Å². The van der Waals surface area contributed by atoms with Gasteiger partial charge in [-0.25, -0.2) is 0 Å². The zero-order chi connectivity index (χ0) is 11.2. The van der Waals surface area contributed by atoms with Gasteiger partial charge in [0.2, 0.25) is 0 Å². The summed E-state index contributed by atoms with van der Waals surface area (Å²) in [4.78, 5) is 0. The van der Waals surface area contributed by atoms with Crippen molar-refractivity contribution in [2.45, 2.75) is 6.54 Å². The molecule has 16 heavy (non-hydrogen) atoms. The van der Waals surface area contributed by atoms with E-state index >= 15 is 0 Å². The van der Waals surface area contributed by atoms with E-state index in [-0.39, 0.29) is 0 Å². The second kappa shape index (κ2) is 5.33. The lowest BCUT2D eigenvalue weighted by atomic mass is 10.2. The Morgan fingerprint density at radius 2 is 1.94 bits per heavy atom. The molecule has 1 aromatic heterocycles. The minimum atomic E-state index is 0.735. The minimum Gasteiger partial charge on any atom is -0.460 e. The van der Waals surface area contributed by atoms with E-state index in [4.69, 9.17) is 4.42 Å². The summed E-state index contributed by atoms with van der Waals surface area (Å²) in [6, 6.07) is 14.1. The van der Waals surface area contributed by atoms with Crippen molar-refractivity contribution in [3.05, 3.63) is 60.9 Å². The number of nitrogens with one attached hydrogen (secondary N) is 1. The van der Waals surface area contributed by atoms with Gasteiger partial charge in [0.25, 0.3) is 0 Å². The first-order valence-electron chi connectivity index (χ1n) is 5.36. The van der Waals surface area contributed by atoms with Crippen LogP contribution in [0.2, 0.25) is 0 Å². The lowest BCUT2D eigenvalue weighted by Gasteiger charge is -1.98. The van der Waals surface area contributed by atoms with Crippen molar-refractivity contribution in [2.24, 2.45) is 0 Å². The van der Waals surface area contributed by atoms with Crippen LogP contribution < -0.4 is 5.32 Å². The fourth-order valence-electron chi connectivity index (χ4n) is 1.53. The van der Waals surface area contributed by atoms with Gasteiger partial charge >= 0.3 is 0 Å². The van der Waals surface area contributed by atoms with Crippen LogP contribution in [0, 0.1) is 0 Å². The molecule has 0 amide bonds. The molecular formula is C14H15NO. The summed E-state index contributed by atoms with van der Waals surface area (Å²) in [7, 11) is 0. The lowest BCUT2D eigenvalue weighted by Crippen LogP contribution is -2.11. The van der Waals surface area contributed by atoms with Crippen LogP contribution in [-0.4, -0.2) is 6.54 Å². The van der Waals surface area contributed by atoms with Crippen molar-refractivity contribution in [3.8, 4) is 11.3 Å². The Bertz CT molecular complexity index is 445. The number of rotatable bonds is 5. The highest BCUT2D eigenvalue weighted by Gasteiger charge is 2.02. The maximum Gasteiger partial charge on any atom is 0.134 e. The van der Waals surface area contributed by atoms with Gasteiger partial charge in [-0.3, -0.25) is 0 Å². The van der Waals surface area contributed by atoms with Gasteiger partial charge in [0, 0.05) is 12.1 Å². The first-order chi connectivity index (χ1) is 7.90.